The van der Waals surface area contributed by atoms with Crippen molar-refractivity contribution in [1.82, 2.24) is 0 Å². The third kappa shape index (κ3) is 3.16. The number of rotatable bonds is 7. The summed E-state index contributed by atoms with van der Waals surface area (Å²) in [6.45, 7) is 5.41. The molecule has 4 nitrogen and oxygen atoms in total. The fraction of sp³-hybridized carbons (Fsp3) is 1.00. The standard InChI is InChI=1S/C10H21NO3S/c1-3-14-8-10(7-11)5-9(10)6-15(12,13)4-2/h9H,3-8,11H2,1-2H3/t9-,10+/m0/s1. The first-order chi connectivity index (χ1) is 6.99. The van der Waals surface area contributed by atoms with E-state index in [4.69, 9.17) is 10.5 Å². The Balaban J connectivity index is 2.48. The first-order valence-corrected chi connectivity index (χ1v) is 7.30. The Morgan fingerprint density at radius 3 is 2.60 bits per heavy atom. The van der Waals surface area contributed by atoms with Gasteiger partial charge >= 0.3 is 0 Å². The summed E-state index contributed by atoms with van der Waals surface area (Å²) in [5.41, 5.74) is 5.63. The van der Waals surface area contributed by atoms with Gasteiger partial charge in [0.15, 0.2) is 0 Å². The molecule has 2 N–H and O–H groups in total. The molecular formula is C10H21NO3S. The molecule has 0 spiro atoms. The molecule has 0 aromatic heterocycles. The van der Waals surface area contributed by atoms with E-state index in [1.165, 1.54) is 0 Å². The zero-order chi connectivity index (χ0) is 11.5. The summed E-state index contributed by atoms with van der Waals surface area (Å²) in [5.74, 6) is 0.700. The summed E-state index contributed by atoms with van der Waals surface area (Å²) >= 11 is 0. The molecule has 1 aliphatic rings. The molecule has 0 aliphatic heterocycles. The van der Waals surface area contributed by atoms with Gasteiger partial charge in [0.25, 0.3) is 0 Å². The van der Waals surface area contributed by atoms with Crippen molar-refractivity contribution in [3.05, 3.63) is 0 Å². The minimum Gasteiger partial charge on any atom is -0.381 e. The molecule has 1 saturated carbocycles. The van der Waals surface area contributed by atoms with Crippen LogP contribution in [0.25, 0.3) is 0 Å². The lowest BCUT2D eigenvalue weighted by Gasteiger charge is -2.14. The molecule has 90 valence electrons. The molecule has 15 heavy (non-hydrogen) atoms. The smallest absolute Gasteiger partial charge is 0.150 e. The second-order valence-electron chi connectivity index (χ2n) is 4.30. The Morgan fingerprint density at radius 1 is 1.47 bits per heavy atom. The Labute approximate surface area is 92.1 Å². The van der Waals surface area contributed by atoms with Gasteiger partial charge in [0.05, 0.1) is 12.4 Å². The van der Waals surface area contributed by atoms with E-state index in [2.05, 4.69) is 0 Å². The van der Waals surface area contributed by atoms with Gasteiger partial charge in [-0.1, -0.05) is 6.92 Å². The van der Waals surface area contributed by atoms with Crippen molar-refractivity contribution in [2.75, 3.05) is 31.3 Å². The van der Waals surface area contributed by atoms with Crippen LogP contribution < -0.4 is 5.73 Å². The van der Waals surface area contributed by atoms with Gasteiger partial charge in [-0.3, -0.25) is 0 Å². The molecule has 1 fully saturated rings. The van der Waals surface area contributed by atoms with E-state index >= 15 is 0 Å². The highest BCUT2D eigenvalue weighted by Gasteiger charge is 2.54. The zero-order valence-corrected chi connectivity index (χ0v) is 10.3. The normalized spacial score (nSPS) is 30.5. The summed E-state index contributed by atoms with van der Waals surface area (Å²) in [7, 11) is -2.87. The minimum atomic E-state index is -2.87. The summed E-state index contributed by atoms with van der Waals surface area (Å²) in [5, 5.41) is 0. The van der Waals surface area contributed by atoms with E-state index in [9.17, 15) is 8.42 Å². The molecule has 0 aromatic rings. The zero-order valence-electron chi connectivity index (χ0n) is 9.53. The predicted molar refractivity (Wildman–Crippen MR) is 60.4 cm³/mol. The van der Waals surface area contributed by atoms with E-state index in [0.717, 1.165) is 6.42 Å². The molecule has 2 atom stereocenters. The fourth-order valence-electron chi connectivity index (χ4n) is 1.88. The van der Waals surface area contributed by atoms with Gasteiger partial charge in [-0.25, -0.2) is 8.42 Å². The van der Waals surface area contributed by atoms with E-state index in [0.29, 0.717) is 19.8 Å². The molecule has 5 heteroatoms. The maximum absolute atomic E-state index is 11.4. The number of sulfone groups is 1. The largest absolute Gasteiger partial charge is 0.381 e. The van der Waals surface area contributed by atoms with E-state index in [1.807, 2.05) is 6.92 Å². The molecule has 1 rings (SSSR count). The summed E-state index contributed by atoms with van der Waals surface area (Å²) in [4.78, 5) is 0. The molecule has 0 amide bonds. The average Bonchev–Trinajstić information content (AvgIpc) is 2.88. The van der Waals surface area contributed by atoms with Gasteiger partial charge in [-0.05, 0) is 19.3 Å². The number of nitrogens with two attached hydrogens (primary N) is 1. The van der Waals surface area contributed by atoms with E-state index in [-0.39, 0.29) is 22.8 Å². The summed E-state index contributed by atoms with van der Waals surface area (Å²) in [6, 6.07) is 0. The van der Waals surface area contributed by atoms with Crippen molar-refractivity contribution in [3.63, 3.8) is 0 Å². The van der Waals surface area contributed by atoms with Crippen LogP contribution in [0.5, 0.6) is 0 Å². The first kappa shape index (κ1) is 12.9. The quantitative estimate of drug-likeness (QED) is 0.694. The first-order valence-electron chi connectivity index (χ1n) is 5.48. The Bertz CT molecular complexity index is 302. The summed E-state index contributed by atoms with van der Waals surface area (Å²) in [6.07, 6.45) is 0.892. The van der Waals surface area contributed by atoms with Crippen LogP contribution in [0, 0.1) is 11.3 Å². The molecule has 0 saturated heterocycles. The van der Waals surface area contributed by atoms with Crippen molar-refractivity contribution in [1.29, 1.82) is 0 Å². The predicted octanol–water partition coefficient (Wildman–Crippen LogP) is 0.423. The van der Waals surface area contributed by atoms with Crippen LogP contribution in [-0.4, -0.2) is 39.7 Å². The second-order valence-corrected chi connectivity index (χ2v) is 6.70. The fourth-order valence-corrected chi connectivity index (χ4v) is 3.20. The molecule has 0 unspecified atom stereocenters. The lowest BCUT2D eigenvalue weighted by atomic mass is 10.1. The molecule has 0 aromatic carbocycles. The van der Waals surface area contributed by atoms with Crippen LogP contribution in [0.4, 0.5) is 0 Å². The maximum atomic E-state index is 11.4. The van der Waals surface area contributed by atoms with Gasteiger partial charge in [0, 0.05) is 24.3 Å². The van der Waals surface area contributed by atoms with Crippen molar-refractivity contribution in [2.45, 2.75) is 20.3 Å². The van der Waals surface area contributed by atoms with Crippen LogP contribution in [0.3, 0.4) is 0 Å². The Kier molecular flexibility index (Phi) is 4.14. The maximum Gasteiger partial charge on any atom is 0.150 e. The highest BCUT2D eigenvalue weighted by molar-refractivity contribution is 7.91. The number of hydrogen-bond donors (Lipinski definition) is 1. The van der Waals surface area contributed by atoms with Gasteiger partial charge in [-0.15, -0.1) is 0 Å². The van der Waals surface area contributed by atoms with Crippen molar-refractivity contribution in [2.24, 2.45) is 17.1 Å². The van der Waals surface area contributed by atoms with Crippen LogP contribution in [-0.2, 0) is 14.6 Å². The van der Waals surface area contributed by atoms with Gasteiger partial charge < -0.3 is 10.5 Å². The highest BCUT2D eigenvalue weighted by Crippen LogP contribution is 2.52. The van der Waals surface area contributed by atoms with E-state index in [1.54, 1.807) is 6.92 Å². The SMILES string of the molecule is CCOC[C@]1(CN)C[C@H]1CS(=O)(=O)CC. The lowest BCUT2D eigenvalue weighted by Crippen LogP contribution is -2.26. The van der Waals surface area contributed by atoms with Crippen LogP contribution >= 0.6 is 0 Å². The van der Waals surface area contributed by atoms with Gasteiger partial charge in [0.1, 0.15) is 9.84 Å². The average molecular weight is 235 g/mol. The molecule has 0 bridgehead atoms. The van der Waals surface area contributed by atoms with Crippen molar-refractivity contribution in [3.8, 4) is 0 Å². The van der Waals surface area contributed by atoms with Crippen LogP contribution in [0.2, 0.25) is 0 Å². The molecule has 1 aliphatic carbocycles. The van der Waals surface area contributed by atoms with E-state index < -0.39 is 9.84 Å². The molecular weight excluding hydrogens is 214 g/mol. The number of hydrogen-bond acceptors (Lipinski definition) is 4. The molecule has 0 heterocycles. The minimum absolute atomic E-state index is 0.0573. The Morgan fingerprint density at radius 2 is 2.13 bits per heavy atom. The van der Waals surface area contributed by atoms with Crippen LogP contribution in [0.15, 0.2) is 0 Å². The van der Waals surface area contributed by atoms with Crippen molar-refractivity contribution >= 4 is 9.84 Å². The topological polar surface area (TPSA) is 69.4 Å². The second kappa shape index (κ2) is 4.80. The lowest BCUT2D eigenvalue weighted by molar-refractivity contribution is 0.0982. The van der Waals surface area contributed by atoms with Gasteiger partial charge in [0.2, 0.25) is 0 Å². The summed E-state index contributed by atoms with van der Waals surface area (Å²) < 4.78 is 28.2. The van der Waals surface area contributed by atoms with Crippen molar-refractivity contribution < 1.29 is 13.2 Å². The Hall–Kier alpha value is -0.130. The third-order valence-electron chi connectivity index (χ3n) is 3.25. The van der Waals surface area contributed by atoms with Crippen LogP contribution in [0.1, 0.15) is 20.3 Å². The molecule has 0 radical (unpaired) electrons. The van der Waals surface area contributed by atoms with Gasteiger partial charge in [-0.2, -0.15) is 0 Å². The highest BCUT2D eigenvalue weighted by atomic mass is 32.2. The third-order valence-corrected chi connectivity index (χ3v) is 5.04. The monoisotopic (exact) mass is 235 g/mol. The number of ether oxygens (including phenoxy) is 1.